The third-order valence-electron chi connectivity index (χ3n) is 12.3. The summed E-state index contributed by atoms with van der Waals surface area (Å²) in [5.41, 5.74) is 12.5. The van der Waals surface area contributed by atoms with Crippen LogP contribution in [0.25, 0.3) is 122 Å². The van der Waals surface area contributed by atoms with Crippen molar-refractivity contribution >= 4 is 76.3 Å². The average Bonchev–Trinajstić information content (AvgIpc) is 4.02. The largest absolute Gasteiger partial charge is 0.456 e. The lowest BCUT2D eigenvalue weighted by atomic mass is 9.99. The molecule has 5 nitrogen and oxygen atoms in total. The van der Waals surface area contributed by atoms with Crippen LogP contribution >= 0.6 is 0 Å². The van der Waals surface area contributed by atoms with Crippen LogP contribution < -0.4 is 0 Å². The zero-order valence-electron chi connectivity index (χ0n) is 32.8. The van der Waals surface area contributed by atoms with Crippen LogP contribution in [0, 0.1) is 0 Å². The molecule has 9 aromatic carbocycles. The van der Waals surface area contributed by atoms with Gasteiger partial charge in [0.1, 0.15) is 11.3 Å². The number of fused-ring (bicyclic) bond motifs is 11. The molecule has 0 unspecified atom stereocenters. The molecule has 0 aliphatic heterocycles. The van der Waals surface area contributed by atoms with Crippen LogP contribution in [0.5, 0.6) is 0 Å². The highest BCUT2D eigenvalue weighted by Crippen LogP contribution is 2.42. The van der Waals surface area contributed by atoms with Crippen molar-refractivity contribution < 1.29 is 4.42 Å². The fourth-order valence-corrected chi connectivity index (χ4v) is 9.57. The van der Waals surface area contributed by atoms with Gasteiger partial charge in [-0.2, -0.15) is 0 Å². The van der Waals surface area contributed by atoms with Gasteiger partial charge in [-0.1, -0.05) is 140 Å². The minimum Gasteiger partial charge on any atom is -0.456 e. The SMILES string of the molecule is c1ccc(-c2cc3c(ccc4nc(-n5c6ccc(-c7ccc8c(c7)c7ccccc7n8-c7ccccc7)cc6c6c7ccccc7ccc65)nc(-c5ccccc5)c43)o2)cc1. The van der Waals surface area contributed by atoms with Crippen LogP contribution in [-0.2, 0) is 0 Å². The van der Waals surface area contributed by atoms with Crippen molar-refractivity contribution in [2.45, 2.75) is 0 Å². The number of para-hydroxylation sites is 2. The molecule has 0 aliphatic carbocycles. The summed E-state index contributed by atoms with van der Waals surface area (Å²) in [6.45, 7) is 0. The molecule has 0 saturated heterocycles. The molecule has 13 rings (SSSR count). The molecule has 0 bridgehead atoms. The van der Waals surface area contributed by atoms with E-state index in [0.29, 0.717) is 5.95 Å². The van der Waals surface area contributed by atoms with Gasteiger partial charge < -0.3 is 8.98 Å². The van der Waals surface area contributed by atoms with E-state index in [9.17, 15) is 0 Å². The molecular weight excluding hydrogens is 745 g/mol. The van der Waals surface area contributed by atoms with Crippen LogP contribution in [0.2, 0.25) is 0 Å². The third-order valence-corrected chi connectivity index (χ3v) is 12.3. The number of aromatic nitrogens is 4. The maximum absolute atomic E-state index is 6.46. The maximum Gasteiger partial charge on any atom is 0.235 e. The van der Waals surface area contributed by atoms with Gasteiger partial charge in [-0.3, -0.25) is 4.57 Å². The van der Waals surface area contributed by atoms with E-state index in [1.807, 2.05) is 30.3 Å². The molecule has 0 saturated carbocycles. The van der Waals surface area contributed by atoms with Gasteiger partial charge in [0.2, 0.25) is 5.95 Å². The number of benzene rings is 9. The Hall–Kier alpha value is -8.28. The molecule has 4 aromatic heterocycles. The molecule has 4 heterocycles. The second-order valence-corrected chi connectivity index (χ2v) is 15.8. The van der Waals surface area contributed by atoms with Crippen molar-refractivity contribution in [3.05, 3.63) is 206 Å². The van der Waals surface area contributed by atoms with Crippen molar-refractivity contribution in [2.24, 2.45) is 0 Å². The van der Waals surface area contributed by atoms with E-state index in [2.05, 4.69) is 185 Å². The summed E-state index contributed by atoms with van der Waals surface area (Å²) < 4.78 is 11.1. The van der Waals surface area contributed by atoms with Crippen LogP contribution in [0.1, 0.15) is 0 Å². The highest BCUT2D eigenvalue weighted by Gasteiger charge is 2.22. The normalized spacial score (nSPS) is 11.9. The van der Waals surface area contributed by atoms with E-state index >= 15 is 0 Å². The monoisotopic (exact) mass is 778 g/mol. The van der Waals surface area contributed by atoms with Crippen LogP contribution in [0.4, 0.5) is 0 Å². The maximum atomic E-state index is 6.46. The van der Waals surface area contributed by atoms with Crippen molar-refractivity contribution in [1.82, 2.24) is 19.1 Å². The quantitative estimate of drug-likeness (QED) is 0.175. The highest BCUT2D eigenvalue weighted by molar-refractivity contribution is 6.22. The van der Waals surface area contributed by atoms with E-state index in [1.165, 1.54) is 43.5 Å². The van der Waals surface area contributed by atoms with Crippen LogP contribution in [0.3, 0.4) is 0 Å². The Bertz CT molecular complexity index is 3860. The Labute approximate surface area is 350 Å². The summed E-state index contributed by atoms with van der Waals surface area (Å²) in [6, 6.07) is 73.1. The molecule has 0 N–H and O–H groups in total. The zero-order valence-corrected chi connectivity index (χ0v) is 32.8. The van der Waals surface area contributed by atoms with Gasteiger partial charge in [0.15, 0.2) is 0 Å². The van der Waals surface area contributed by atoms with Gasteiger partial charge in [-0.25, -0.2) is 9.97 Å². The van der Waals surface area contributed by atoms with Gasteiger partial charge in [-0.05, 0) is 88.6 Å². The summed E-state index contributed by atoms with van der Waals surface area (Å²) in [7, 11) is 0. The summed E-state index contributed by atoms with van der Waals surface area (Å²) in [5, 5.41) is 9.14. The molecular formula is C56H34N4O. The Morgan fingerprint density at radius 2 is 0.984 bits per heavy atom. The number of nitrogens with zero attached hydrogens (tertiary/aromatic N) is 4. The Kier molecular flexibility index (Phi) is 7.24. The predicted molar refractivity (Wildman–Crippen MR) is 252 cm³/mol. The molecule has 61 heavy (non-hydrogen) atoms. The summed E-state index contributed by atoms with van der Waals surface area (Å²) in [6.07, 6.45) is 0. The van der Waals surface area contributed by atoms with Crippen LogP contribution in [-0.4, -0.2) is 19.1 Å². The molecule has 0 fully saturated rings. The first-order chi connectivity index (χ1) is 30.2. The minimum absolute atomic E-state index is 0.621. The lowest BCUT2D eigenvalue weighted by Crippen LogP contribution is -2.03. The average molecular weight is 779 g/mol. The number of furan rings is 1. The Morgan fingerprint density at radius 1 is 0.361 bits per heavy atom. The van der Waals surface area contributed by atoms with E-state index in [0.717, 1.165) is 72.1 Å². The summed E-state index contributed by atoms with van der Waals surface area (Å²) >= 11 is 0. The van der Waals surface area contributed by atoms with Crippen molar-refractivity contribution in [3.8, 4) is 45.3 Å². The molecule has 0 atom stereocenters. The standard InChI is InChI=1S/C56H34N4O/c1-4-15-36(16-5-1)52-34-45-51(61-52)31-27-46-54(45)55(37-17-6-2-7-18-37)58-56(57-46)60-49-29-26-39(33-44(49)53-41-21-11-10-14-35(41)24-30-50(53)60)38-25-28-48-43(32-38)42-22-12-13-23-47(42)59(48)40-19-8-3-9-20-40/h1-34H. The third kappa shape index (κ3) is 5.14. The lowest BCUT2D eigenvalue weighted by molar-refractivity contribution is 0.632. The fraction of sp³-hybridized carbons (Fsp3) is 0. The Balaban J connectivity index is 1.06. The molecule has 0 spiro atoms. The summed E-state index contributed by atoms with van der Waals surface area (Å²) in [5.74, 6) is 1.44. The van der Waals surface area contributed by atoms with Gasteiger partial charge in [0, 0.05) is 49.1 Å². The topological polar surface area (TPSA) is 48.8 Å². The van der Waals surface area contributed by atoms with Gasteiger partial charge in [-0.15, -0.1) is 0 Å². The lowest BCUT2D eigenvalue weighted by Gasteiger charge is -2.12. The zero-order chi connectivity index (χ0) is 40.0. The molecule has 5 heteroatoms. The molecule has 284 valence electrons. The molecule has 0 aliphatic rings. The first kappa shape index (κ1) is 33.7. The Morgan fingerprint density at radius 3 is 1.77 bits per heavy atom. The first-order valence-electron chi connectivity index (χ1n) is 20.7. The highest BCUT2D eigenvalue weighted by atomic mass is 16.3. The number of rotatable bonds is 5. The number of hydrogen-bond acceptors (Lipinski definition) is 3. The van der Waals surface area contributed by atoms with E-state index in [1.54, 1.807) is 0 Å². The van der Waals surface area contributed by atoms with Crippen LogP contribution in [0.15, 0.2) is 211 Å². The molecule has 0 radical (unpaired) electrons. The fourth-order valence-electron chi connectivity index (χ4n) is 9.57. The summed E-state index contributed by atoms with van der Waals surface area (Å²) in [4.78, 5) is 10.9. The molecule has 13 aromatic rings. The molecule has 0 amide bonds. The van der Waals surface area contributed by atoms with Crippen molar-refractivity contribution in [1.29, 1.82) is 0 Å². The van der Waals surface area contributed by atoms with Gasteiger partial charge >= 0.3 is 0 Å². The van der Waals surface area contributed by atoms with Crippen molar-refractivity contribution in [3.63, 3.8) is 0 Å². The van der Waals surface area contributed by atoms with Gasteiger partial charge in [0.25, 0.3) is 0 Å². The minimum atomic E-state index is 0.621. The van der Waals surface area contributed by atoms with Gasteiger partial charge in [0.05, 0.1) is 33.3 Å². The second-order valence-electron chi connectivity index (χ2n) is 15.8. The number of hydrogen-bond donors (Lipinski definition) is 0. The predicted octanol–water partition coefficient (Wildman–Crippen LogP) is 14.7. The van der Waals surface area contributed by atoms with E-state index in [4.69, 9.17) is 14.4 Å². The first-order valence-corrected chi connectivity index (χ1v) is 20.7. The second kappa shape index (κ2) is 13.1. The van der Waals surface area contributed by atoms with E-state index in [-0.39, 0.29) is 0 Å². The van der Waals surface area contributed by atoms with Crippen molar-refractivity contribution in [2.75, 3.05) is 0 Å². The smallest absolute Gasteiger partial charge is 0.235 e. The van der Waals surface area contributed by atoms with E-state index < -0.39 is 0 Å².